The molecule has 1 N–H and O–H groups in total. The first-order valence-corrected chi connectivity index (χ1v) is 8.93. The number of rotatable bonds is 5. The van der Waals surface area contributed by atoms with Gasteiger partial charge in [0.1, 0.15) is 0 Å². The summed E-state index contributed by atoms with van der Waals surface area (Å²) >= 11 is 0. The van der Waals surface area contributed by atoms with Gasteiger partial charge in [-0.1, -0.05) is 48.6 Å². The molecule has 1 aromatic heterocycles. The molecular formula is C19H15NO4S. The molecule has 0 amide bonds. The van der Waals surface area contributed by atoms with Crippen LogP contribution in [0.3, 0.4) is 0 Å². The third kappa shape index (κ3) is 3.39. The van der Waals surface area contributed by atoms with Crippen molar-refractivity contribution in [2.45, 2.75) is 4.90 Å². The highest BCUT2D eigenvalue weighted by Crippen LogP contribution is 2.26. The maximum absolute atomic E-state index is 13.1. The molecule has 0 radical (unpaired) electrons. The van der Waals surface area contributed by atoms with Gasteiger partial charge in [-0.2, -0.15) is 0 Å². The topological polar surface area (TPSA) is 76.4 Å². The van der Waals surface area contributed by atoms with Crippen LogP contribution in [0.25, 0.3) is 17.0 Å². The monoisotopic (exact) mass is 353 g/mol. The van der Waals surface area contributed by atoms with Gasteiger partial charge < -0.3 is 5.11 Å². The maximum Gasteiger partial charge on any atom is 0.328 e. The predicted molar refractivity (Wildman–Crippen MR) is 96.8 cm³/mol. The molecule has 0 spiro atoms. The lowest BCUT2D eigenvalue weighted by molar-refractivity contribution is -0.131. The Labute approximate surface area is 145 Å². The van der Waals surface area contributed by atoms with Crippen LogP contribution in [-0.2, 0) is 14.8 Å². The largest absolute Gasteiger partial charge is 0.478 e. The van der Waals surface area contributed by atoms with Crippen molar-refractivity contribution in [3.63, 3.8) is 0 Å². The summed E-state index contributed by atoms with van der Waals surface area (Å²) < 4.78 is 27.4. The zero-order chi connectivity index (χ0) is 17.9. The number of para-hydroxylation sites is 1. The van der Waals surface area contributed by atoms with E-state index in [9.17, 15) is 13.2 Å². The minimum Gasteiger partial charge on any atom is -0.478 e. The van der Waals surface area contributed by atoms with E-state index in [1.807, 2.05) is 12.1 Å². The summed E-state index contributed by atoms with van der Waals surface area (Å²) in [6.45, 7) is 0. The molecule has 3 rings (SSSR count). The average Bonchev–Trinajstić information content (AvgIpc) is 2.98. The number of nitrogens with zero attached hydrogens (tertiary/aromatic N) is 1. The lowest BCUT2D eigenvalue weighted by atomic mass is 10.2. The highest BCUT2D eigenvalue weighted by atomic mass is 32.2. The molecule has 1 heterocycles. The molecule has 0 aliphatic heterocycles. The van der Waals surface area contributed by atoms with Gasteiger partial charge in [0.15, 0.2) is 0 Å². The van der Waals surface area contributed by atoms with Crippen molar-refractivity contribution in [2.75, 3.05) is 0 Å². The summed E-state index contributed by atoms with van der Waals surface area (Å²) in [6.07, 6.45) is 5.40. The third-order valence-corrected chi connectivity index (χ3v) is 5.35. The minimum absolute atomic E-state index is 0.187. The molecule has 6 heteroatoms. The van der Waals surface area contributed by atoms with Crippen molar-refractivity contribution in [3.05, 3.63) is 84.6 Å². The molecule has 0 aliphatic rings. The van der Waals surface area contributed by atoms with Crippen LogP contribution in [0.2, 0.25) is 0 Å². The van der Waals surface area contributed by atoms with Crippen molar-refractivity contribution >= 4 is 33.0 Å². The van der Waals surface area contributed by atoms with Crippen LogP contribution in [0.1, 0.15) is 5.69 Å². The second-order valence-electron chi connectivity index (χ2n) is 5.27. The molecule has 25 heavy (non-hydrogen) atoms. The number of carboxylic acid groups (broad SMARTS) is 1. The fourth-order valence-electron chi connectivity index (χ4n) is 2.53. The Morgan fingerprint density at radius 2 is 1.64 bits per heavy atom. The van der Waals surface area contributed by atoms with Crippen molar-refractivity contribution in [2.24, 2.45) is 0 Å². The normalized spacial score (nSPS) is 12.3. The van der Waals surface area contributed by atoms with Crippen molar-refractivity contribution in [3.8, 4) is 0 Å². The number of hydrogen-bond acceptors (Lipinski definition) is 3. The second-order valence-corrected chi connectivity index (χ2v) is 7.05. The summed E-state index contributed by atoms with van der Waals surface area (Å²) in [7, 11) is -3.78. The van der Waals surface area contributed by atoms with Gasteiger partial charge in [0.2, 0.25) is 0 Å². The lowest BCUT2D eigenvalue weighted by Gasteiger charge is -2.10. The minimum atomic E-state index is -3.78. The summed E-state index contributed by atoms with van der Waals surface area (Å²) in [5, 5.41) is 9.42. The Bertz CT molecular complexity index is 1080. The fraction of sp³-hybridized carbons (Fsp3) is 0. The molecule has 0 unspecified atom stereocenters. The summed E-state index contributed by atoms with van der Waals surface area (Å²) in [6, 6.07) is 17.1. The Morgan fingerprint density at radius 3 is 2.36 bits per heavy atom. The molecule has 2 aromatic carbocycles. The first-order valence-electron chi connectivity index (χ1n) is 7.49. The van der Waals surface area contributed by atoms with Crippen LogP contribution in [-0.4, -0.2) is 23.5 Å². The first kappa shape index (κ1) is 16.7. The Kier molecular flexibility index (Phi) is 4.54. The molecule has 0 fully saturated rings. The van der Waals surface area contributed by atoms with E-state index >= 15 is 0 Å². The summed E-state index contributed by atoms with van der Waals surface area (Å²) in [5.74, 6) is -1.07. The van der Waals surface area contributed by atoms with Gasteiger partial charge >= 0.3 is 5.97 Å². The number of benzene rings is 2. The average molecular weight is 353 g/mol. The SMILES string of the molecule is O=C(O)/C=C/C=C/c1cc2ccccc2n1S(=O)(=O)c1ccccc1. The van der Waals surface area contributed by atoms with E-state index in [2.05, 4.69) is 0 Å². The molecule has 126 valence electrons. The highest BCUT2D eigenvalue weighted by Gasteiger charge is 2.21. The van der Waals surface area contributed by atoms with Crippen LogP contribution in [0.5, 0.6) is 0 Å². The van der Waals surface area contributed by atoms with Gasteiger partial charge in [0.05, 0.1) is 16.1 Å². The Balaban J connectivity index is 2.19. The van der Waals surface area contributed by atoms with Crippen molar-refractivity contribution < 1.29 is 18.3 Å². The number of carbonyl (C=O) groups is 1. The lowest BCUT2D eigenvalue weighted by Crippen LogP contribution is -2.14. The van der Waals surface area contributed by atoms with Gasteiger partial charge in [-0.25, -0.2) is 17.2 Å². The highest BCUT2D eigenvalue weighted by molar-refractivity contribution is 7.90. The van der Waals surface area contributed by atoms with Crippen molar-refractivity contribution in [1.82, 2.24) is 3.97 Å². The Morgan fingerprint density at radius 1 is 0.960 bits per heavy atom. The van der Waals surface area contributed by atoms with E-state index in [1.54, 1.807) is 54.6 Å². The molecular weight excluding hydrogens is 338 g/mol. The second kappa shape index (κ2) is 6.78. The summed E-state index contributed by atoms with van der Waals surface area (Å²) in [5.41, 5.74) is 1.01. The van der Waals surface area contributed by atoms with Crippen LogP contribution in [0.15, 0.2) is 83.8 Å². The van der Waals surface area contributed by atoms with Crippen LogP contribution < -0.4 is 0 Å². The molecule has 0 bridgehead atoms. The van der Waals surface area contributed by atoms with Crippen LogP contribution >= 0.6 is 0 Å². The number of carboxylic acids is 1. The van der Waals surface area contributed by atoms with Gasteiger partial charge in [-0.15, -0.1) is 0 Å². The summed E-state index contributed by atoms with van der Waals surface area (Å²) in [4.78, 5) is 10.7. The standard InChI is InChI=1S/C19H15NO4S/c21-19(22)13-7-5-9-16-14-15-8-4-6-12-18(15)20(16)25(23,24)17-10-2-1-3-11-17/h1-14H,(H,21,22)/b9-5+,13-7+. The predicted octanol–water partition coefficient (Wildman–Crippen LogP) is 3.53. The number of hydrogen-bond donors (Lipinski definition) is 1. The number of fused-ring (bicyclic) bond motifs is 1. The van der Waals surface area contributed by atoms with E-state index < -0.39 is 16.0 Å². The van der Waals surface area contributed by atoms with Gasteiger partial charge in [-0.05, 0) is 30.3 Å². The van der Waals surface area contributed by atoms with E-state index in [-0.39, 0.29) is 4.90 Å². The molecule has 3 aromatic rings. The zero-order valence-corrected chi connectivity index (χ0v) is 13.9. The van der Waals surface area contributed by atoms with E-state index in [4.69, 9.17) is 5.11 Å². The third-order valence-electron chi connectivity index (χ3n) is 3.59. The van der Waals surface area contributed by atoms with E-state index in [1.165, 1.54) is 16.1 Å². The van der Waals surface area contributed by atoms with Crippen LogP contribution in [0.4, 0.5) is 0 Å². The molecule has 0 aliphatic carbocycles. The molecule has 0 saturated carbocycles. The number of aromatic nitrogens is 1. The van der Waals surface area contributed by atoms with Gasteiger partial charge in [-0.3, -0.25) is 0 Å². The maximum atomic E-state index is 13.1. The van der Waals surface area contributed by atoms with Gasteiger partial charge in [0, 0.05) is 11.5 Å². The van der Waals surface area contributed by atoms with Gasteiger partial charge in [0.25, 0.3) is 10.0 Å². The van der Waals surface area contributed by atoms with Crippen molar-refractivity contribution in [1.29, 1.82) is 0 Å². The van der Waals surface area contributed by atoms with Crippen LogP contribution in [0, 0.1) is 0 Å². The quantitative estimate of drug-likeness (QED) is 0.562. The van der Waals surface area contributed by atoms with E-state index in [0.717, 1.165) is 11.5 Å². The number of allylic oxidation sites excluding steroid dienone is 2. The first-order chi connectivity index (χ1) is 12.0. The molecule has 0 atom stereocenters. The smallest absolute Gasteiger partial charge is 0.328 e. The number of aliphatic carboxylic acids is 1. The molecule has 0 saturated heterocycles. The Hall–Kier alpha value is -3.12. The zero-order valence-electron chi connectivity index (χ0n) is 13.1. The fourth-order valence-corrected chi connectivity index (χ4v) is 4.05. The van der Waals surface area contributed by atoms with E-state index in [0.29, 0.717) is 11.2 Å². The molecule has 5 nitrogen and oxygen atoms in total.